The maximum Gasteiger partial charge on any atom is 0.244 e. The summed E-state index contributed by atoms with van der Waals surface area (Å²) >= 11 is 0. The van der Waals surface area contributed by atoms with E-state index in [2.05, 4.69) is 16.9 Å². The first kappa shape index (κ1) is 11.4. The Labute approximate surface area is 88.8 Å². The van der Waals surface area contributed by atoms with Crippen LogP contribution < -0.4 is 21.9 Å². The molecule has 15 heavy (non-hydrogen) atoms. The van der Waals surface area contributed by atoms with Gasteiger partial charge in [0.1, 0.15) is 5.69 Å². The normalized spacial score (nSPS) is 10.2. The number of hydrogen-bond acceptors (Lipinski definition) is 6. The molecule has 0 radical (unpaired) electrons. The second kappa shape index (κ2) is 5.23. The SMILES string of the molecule is CCCCCOc1nc(N)nc(N)c1N. The lowest BCUT2D eigenvalue weighted by Gasteiger charge is -2.09. The lowest BCUT2D eigenvalue weighted by molar-refractivity contribution is 0.297. The Hall–Kier alpha value is -1.72. The molecule has 0 aliphatic rings. The molecular formula is C9H17N5O. The van der Waals surface area contributed by atoms with E-state index >= 15 is 0 Å². The number of ether oxygens (including phenoxy) is 1. The van der Waals surface area contributed by atoms with Gasteiger partial charge in [-0.05, 0) is 6.42 Å². The molecule has 0 unspecified atom stereocenters. The molecule has 0 fully saturated rings. The monoisotopic (exact) mass is 211 g/mol. The topological polar surface area (TPSA) is 113 Å². The Morgan fingerprint density at radius 2 is 1.87 bits per heavy atom. The van der Waals surface area contributed by atoms with Crippen LogP contribution >= 0.6 is 0 Å². The van der Waals surface area contributed by atoms with E-state index in [1.54, 1.807) is 0 Å². The highest BCUT2D eigenvalue weighted by Gasteiger charge is 2.08. The minimum Gasteiger partial charge on any atom is -0.476 e. The van der Waals surface area contributed by atoms with Gasteiger partial charge < -0.3 is 21.9 Å². The summed E-state index contributed by atoms with van der Waals surface area (Å²) in [6.45, 7) is 2.68. The van der Waals surface area contributed by atoms with Crippen molar-refractivity contribution < 1.29 is 4.74 Å². The first-order chi connectivity index (χ1) is 7.15. The molecule has 1 aromatic rings. The van der Waals surface area contributed by atoms with E-state index in [1.165, 1.54) is 0 Å². The first-order valence-corrected chi connectivity index (χ1v) is 4.96. The summed E-state index contributed by atoms with van der Waals surface area (Å²) in [4.78, 5) is 7.59. The van der Waals surface area contributed by atoms with E-state index in [4.69, 9.17) is 21.9 Å². The highest BCUT2D eigenvalue weighted by atomic mass is 16.5. The Kier molecular flexibility index (Phi) is 3.96. The molecule has 84 valence electrons. The predicted octanol–water partition coefficient (Wildman–Crippen LogP) is 0.792. The summed E-state index contributed by atoms with van der Waals surface area (Å²) in [6.07, 6.45) is 3.20. The van der Waals surface area contributed by atoms with Crippen molar-refractivity contribution in [3.05, 3.63) is 0 Å². The standard InChI is InChI=1S/C9H17N5O/c1-2-3-4-5-15-8-6(10)7(11)13-9(12)14-8/h2-5,10H2,1H3,(H4,11,12,13,14). The second-order valence-corrected chi connectivity index (χ2v) is 3.24. The summed E-state index contributed by atoms with van der Waals surface area (Å²) in [5, 5.41) is 0. The Balaban J connectivity index is 2.60. The smallest absolute Gasteiger partial charge is 0.244 e. The highest BCUT2D eigenvalue weighted by molar-refractivity contribution is 5.65. The van der Waals surface area contributed by atoms with Gasteiger partial charge in [0.05, 0.1) is 6.61 Å². The molecule has 6 nitrogen and oxygen atoms in total. The maximum absolute atomic E-state index is 5.64. The van der Waals surface area contributed by atoms with Crippen LogP contribution in [0.2, 0.25) is 0 Å². The minimum atomic E-state index is 0.0761. The van der Waals surface area contributed by atoms with Crippen molar-refractivity contribution in [3.8, 4) is 5.88 Å². The predicted molar refractivity (Wildman–Crippen MR) is 60.3 cm³/mol. The van der Waals surface area contributed by atoms with Crippen molar-refractivity contribution >= 4 is 17.5 Å². The maximum atomic E-state index is 5.64. The fourth-order valence-corrected chi connectivity index (χ4v) is 1.11. The van der Waals surface area contributed by atoms with Crippen LogP contribution in [-0.4, -0.2) is 16.6 Å². The summed E-state index contributed by atoms with van der Waals surface area (Å²) < 4.78 is 5.36. The van der Waals surface area contributed by atoms with Gasteiger partial charge in [-0.15, -0.1) is 0 Å². The number of nitrogens with two attached hydrogens (primary N) is 3. The fourth-order valence-electron chi connectivity index (χ4n) is 1.11. The highest BCUT2D eigenvalue weighted by Crippen LogP contribution is 2.24. The van der Waals surface area contributed by atoms with Crippen molar-refractivity contribution in [2.24, 2.45) is 0 Å². The van der Waals surface area contributed by atoms with E-state index in [9.17, 15) is 0 Å². The average Bonchev–Trinajstić information content (AvgIpc) is 2.19. The summed E-state index contributed by atoms with van der Waals surface area (Å²) in [5.41, 5.74) is 16.8. The van der Waals surface area contributed by atoms with Gasteiger partial charge in [-0.3, -0.25) is 0 Å². The van der Waals surface area contributed by atoms with Gasteiger partial charge in [0.15, 0.2) is 5.82 Å². The molecule has 0 bridgehead atoms. The number of hydrogen-bond donors (Lipinski definition) is 3. The molecule has 0 aromatic carbocycles. The van der Waals surface area contributed by atoms with Gasteiger partial charge in [-0.25, -0.2) is 0 Å². The Bertz CT molecular complexity index is 329. The molecule has 1 heterocycles. The molecule has 0 saturated heterocycles. The zero-order valence-electron chi connectivity index (χ0n) is 8.86. The van der Waals surface area contributed by atoms with Crippen molar-refractivity contribution in [1.29, 1.82) is 0 Å². The van der Waals surface area contributed by atoms with Crippen molar-refractivity contribution in [2.75, 3.05) is 23.8 Å². The first-order valence-electron chi connectivity index (χ1n) is 4.96. The van der Waals surface area contributed by atoms with Crippen LogP contribution in [0.1, 0.15) is 26.2 Å². The summed E-state index contributed by atoms with van der Waals surface area (Å²) in [6, 6.07) is 0. The number of anilines is 3. The molecule has 6 N–H and O–H groups in total. The van der Waals surface area contributed by atoms with Crippen LogP contribution in [0.3, 0.4) is 0 Å². The van der Waals surface area contributed by atoms with Crippen LogP contribution in [-0.2, 0) is 0 Å². The molecule has 0 aliphatic carbocycles. The van der Waals surface area contributed by atoms with Gasteiger partial charge in [-0.2, -0.15) is 9.97 Å². The minimum absolute atomic E-state index is 0.0761. The lowest BCUT2D eigenvalue weighted by Crippen LogP contribution is -2.09. The van der Waals surface area contributed by atoms with Gasteiger partial charge in [0.25, 0.3) is 0 Å². The van der Waals surface area contributed by atoms with Crippen LogP contribution in [0.4, 0.5) is 17.5 Å². The molecule has 0 atom stereocenters. The molecule has 1 aromatic heterocycles. The number of nitrogens with zero attached hydrogens (tertiary/aromatic N) is 2. The number of nitrogen functional groups attached to an aromatic ring is 3. The zero-order chi connectivity index (χ0) is 11.3. The third-order valence-corrected chi connectivity index (χ3v) is 1.94. The molecule has 0 amide bonds. The van der Waals surface area contributed by atoms with Crippen molar-refractivity contribution in [3.63, 3.8) is 0 Å². The Morgan fingerprint density at radius 1 is 1.13 bits per heavy atom. The lowest BCUT2D eigenvalue weighted by atomic mass is 10.3. The van der Waals surface area contributed by atoms with E-state index in [0.717, 1.165) is 19.3 Å². The summed E-state index contributed by atoms with van der Waals surface area (Å²) in [5.74, 6) is 0.510. The molecule has 0 saturated carbocycles. The zero-order valence-corrected chi connectivity index (χ0v) is 8.86. The van der Waals surface area contributed by atoms with E-state index in [0.29, 0.717) is 6.61 Å². The molecule has 1 rings (SSSR count). The third kappa shape index (κ3) is 3.16. The van der Waals surface area contributed by atoms with Gasteiger partial charge in [-0.1, -0.05) is 19.8 Å². The van der Waals surface area contributed by atoms with Crippen LogP contribution in [0.5, 0.6) is 5.88 Å². The molecule has 0 spiro atoms. The molecular weight excluding hydrogens is 194 g/mol. The van der Waals surface area contributed by atoms with Crippen LogP contribution in [0, 0.1) is 0 Å². The Morgan fingerprint density at radius 3 is 2.53 bits per heavy atom. The second-order valence-electron chi connectivity index (χ2n) is 3.24. The van der Waals surface area contributed by atoms with E-state index in [1.807, 2.05) is 0 Å². The van der Waals surface area contributed by atoms with Crippen molar-refractivity contribution in [2.45, 2.75) is 26.2 Å². The van der Waals surface area contributed by atoms with Gasteiger partial charge >= 0.3 is 0 Å². The van der Waals surface area contributed by atoms with E-state index < -0.39 is 0 Å². The van der Waals surface area contributed by atoms with Crippen LogP contribution in [0.15, 0.2) is 0 Å². The largest absolute Gasteiger partial charge is 0.476 e. The molecule has 0 aliphatic heterocycles. The number of unbranched alkanes of at least 4 members (excludes halogenated alkanes) is 2. The average molecular weight is 211 g/mol. The number of rotatable bonds is 5. The van der Waals surface area contributed by atoms with Crippen molar-refractivity contribution in [1.82, 2.24) is 9.97 Å². The fraction of sp³-hybridized carbons (Fsp3) is 0.556. The number of aromatic nitrogens is 2. The summed E-state index contributed by atoms with van der Waals surface area (Å²) in [7, 11) is 0. The van der Waals surface area contributed by atoms with Gasteiger partial charge in [0, 0.05) is 0 Å². The quantitative estimate of drug-likeness (QED) is 0.620. The molecule has 6 heteroatoms. The van der Waals surface area contributed by atoms with Gasteiger partial charge in [0.2, 0.25) is 11.8 Å². The van der Waals surface area contributed by atoms with Crippen LogP contribution in [0.25, 0.3) is 0 Å². The van der Waals surface area contributed by atoms with E-state index in [-0.39, 0.29) is 23.3 Å². The third-order valence-electron chi connectivity index (χ3n) is 1.94.